The number of hydrogen-bond donors (Lipinski definition) is 1. The van der Waals surface area contributed by atoms with E-state index < -0.39 is 83.4 Å². The lowest BCUT2D eigenvalue weighted by molar-refractivity contribution is -0.295. The largest absolute Gasteiger partial charge is 0.457 e. The highest BCUT2D eigenvalue weighted by atomic mass is 16.7. The lowest BCUT2D eigenvalue weighted by atomic mass is 9.72. The minimum absolute atomic E-state index is 0.0952. The van der Waals surface area contributed by atoms with Gasteiger partial charge in [0.2, 0.25) is 0 Å². The molecule has 15 heteroatoms. The van der Waals surface area contributed by atoms with Gasteiger partial charge in [0.15, 0.2) is 17.7 Å². The summed E-state index contributed by atoms with van der Waals surface area (Å²) in [5, 5.41) is 11.5. The Hall–Kier alpha value is -4.12. The van der Waals surface area contributed by atoms with Gasteiger partial charge in [-0.25, -0.2) is 4.79 Å². The highest BCUT2D eigenvalue weighted by Gasteiger charge is 2.61. The molecule has 3 aliphatic heterocycles. The molecule has 1 amide bonds. The van der Waals surface area contributed by atoms with Gasteiger partial charge in [0.05, 0.1) is 23.9 Å². The van der Waals surface area contributed by atoms with E-state index in [0.29, 0.717) is 19.5 Å². The van der Waals surface area contributed by atoms with Crippen molar-refractivity contribution in [3.63, 3.8) is 0 Å². The fourth-order valence-electron chi connectivity index (χ4n) is 9.62. The van der Waals surface area contributed by atoms with Gasteiger partial charge in [0.1, 0.15) is 23.9 Å². The smallest absolute Gasteiger partial charge is 0.411 e. The molecule has 1 N–H and O–H groups in total. The van der Waals surface area contributed by atoms with Crippen LogP contribution >= 0.6 is 0 Å². The number of aromatic nitrogens is 2. The Morgan fingerprint density at radius 1 is 1.02 bits per heavy atom. The standard InChI is InChI=1S/C46H67N5O10/c1-13-36-46(14-2)40(51(44(56)61-46)19-18-50(11)26-32-21-34(25-48-23-32)33-16-15-17-47-24-33)29(5)37(52)27(3)22-45(8,57-12)41(30(6)38(53)31(7)42(55)59-36)60-43-39(54)35(49(9)10)20-28(4)58-43/h14-17,21,23-25,27-31,35-36,39-41,43,54H,2,13,18-20,22,26H2,1,3-12H3/t27-,28-,29+,30+,31-,35+,36-,39-,40-,41-,43+,45+,46-/m1/s1. The molecule has 3 saturated heterocycles. The molecule has 0 unspecified atom stereocenters. The van der Waals surface area contributed by atoms with Crippen LogP contribution in [-0.2, 0) is 44.6 Å². The van der Waals surface area contributed by atoms with Crippen molar-refractivity contribution in [2.75, 3.05) is 41.3 Å². The van der Waals surface area contributed by atoms with E-state index in [-0.39, 0.29) is 37.3 Å². The van der Waals surface area contributed by atoms with Crippen LogP contribution in [0.2, 0.25) is 0 Å². The molecule has 0 saturated carbocycles. The predicted octanol–water partition coefficient (Wildman–Crippen LogP) is 4.95. The van der Waals surface area contributed by atoms with E-state index >= 15 is 0 Å². The topological polar surface area (TPSA) is 170 Å². The van der Waals surface area contributed by atoms with Crippen molar-refractivity contribution in [1.82, 2.24) is 24.7 Å². The minimum atomic E-state index is -1.63. The average Bonchev–Trinajstić information content (AvgIpc) is 3.54. The van der Waals surface area contributed by atoms with Gasteiger partial charge in [0.25, 0.3) is 0 Å². The number of hydrogen-bond acceptors (Lipinski definition) is 14. The fraction of sp³-hybridized carbons (Fsp3) is 0.652. The van der Waals surface area contributed by atoms with Crippen molar-refractivity contribution in [1.29, 1.82) is 0 Å². The number of aliphatic hydroxyl groups excluding tert-OH is 1. The SMILES string of the molecule is C=C[C@]12OC(=O)N(CCN(C)Cc3cncc(-c4cccnc4)c3)[C@@H]1[C@@H](C)C(=O)[C@H](C)C[C@](C)(OC)[C@H](O[C@@H]1O[C@H](C)C[C@H](N(C)C)[C@H]1O)[C@@H](C)C(=O)[C@@H](C)C(=O)O[C@@H]2CC. The molecule has 3 aliphatic rings. The number of ether oxygens (including phenoxy) is 5. The number of aliphatic hydroxyl groups is 1. The van der Waals surface area contributed by atoms with Crippen LogP contribution in [0, 0.1) is 23.7 Å². The number of fused-ring (bicyclic) bond motifs is 1. The highest BCUT2D eigenvalue weighted by Crippen LogP contribution is 2.44. The van der Waals surface area contributed by atoms with Crippen molar-refractivity contribution in [3.8, 4) is 11.1 Å². The van der Waals surface area contributed by atoms with Gasteiger partial charge in [-0.2, -0.15) is 0 Å². The molecule has 336 valence electrons. The number of methoxy groups -OCH3 is 1. The van der Waals surface area contributed by atoms with E-state index in [1.54, 1.807) is 64.3 Å². The van der Waals surface area contributed by atoms with E-state index in [2.05, 4.69) is 22.6 Å². The van der Waals surface area contributed by atoms with Crippen LogP contribution in [0.5, 0.6) is 0 Å². The van der Waals surface area contributed by atoms with E-state index in [0.717, 1.165) is 16.7 Å². The fourth-order valence-corrected chi connectivity index (χ4v) is 9.62. The van der Waals surface area contributed by atoms with Gasteiger partial charge in [-0.05, 0) is 84.9 Å². The van der Waals surface area contributed by atoms with Gasteiger partial charge in [-0.15, -0.1) is 0 Å². The summed E-state index contributed by atoms with van der Waals surface area (Å²) in [6.07, 6.45) is 4.10. The van der Waals surface area contributed by atoms with Crippen LogP contribution in [0.15, 0.2) is 55.6 Å². The summed E-state index contributed by atoms with van der Waals surface area (Å²) in [5.74, 6) is -5.29. The van der Waals surface area contributed by atoms with Gasteiger partial charge < -0.3 is 38.6 Å². The lowest BCUT2D eigenvalue weighted by Gasteiger charge is -2.47. The Labute approximate surface area is 361 Å². The number of carbonyl (C=O) groups excluding carboxylic acids is 4. The second kappa shape index (κ2) is 19.9. The van der Waals surface area contributed by atoms with Crippen LogP contribution in [0.1, 0.15) is 73.3 Å². The number of ketones is 2. The molecule has 0 spiro atoms. The maximum absolute atomic E-state index is 14.9. The number of cyclic esters (lactones) is 1. The zero-order valence-electron chi connectivity index (χ0n) is 37.8. The third-order valence-corrected chi connectivity index (χ3v) is 13.1. The molecule has 0 aromatic carbocycles. The number of carbonyl (C=O) groups is 4. The molecule has 0 aliphatic carbocycles. The second-order valence-corrected chi connectivity index (χ2v) is 17.8. The third-order valence-electron chi connectivity index (χ3n) is 13.1. The summed E-state index contributed by atoms with van der Waals surface area (Å²) in [5.41, 5.74) is -0.0943. The zero-order chi connectivity index (χ0) is 45.0. The van der Waals surface area contributed by atoms with E-state index in [1.807, 2.05) is 50.0 Å². The molecule has 5 rings (SSSR count). The third kappa shape index (κ3) is 10.1. The molecule has 2 aromatic heterocycles. The molecule has 13 atom stereocenters. The summed E-state index contributed by atoms with van der Waals surface area (Å²) in [6, 6.07) is 4.67. The molecule has 15 nitrogen and oxygen atoms in total. The maximum atomic E-state index is 14.9. The Morgan fingerprint density at radius 2 is 1.72 bits per heavy atom. The second-order valence-electron chi connectivity index (χ2n) is 17.8. The van der Waals surface area contributed by atoms with Crippen molar-refractivity contribution in [2.45, 2.75) is 128 Å². The number of rotatable bonds is 12. The quantitative estimate of drug-likeness (QED) is 0.173. The summed E-state index contributed by atoms with van der Waals surface area (Å²) >= 11 is 0. The van der Waals surface area contributed by atoms with Crippen LogP contribution in [0.4, 0.5) is 4.79 Å². The van der Waals surface area contributed by atoms with Crippen LogP contribution in [-0.4, -0.2) is 149 Å². The molecule has 61 heavy (non-hydrogen) atoms. The van der Waals surface area contributed by atoms with Crippen LogP contribution < -0.4 is 0 Å². The average molecular weight is 850 g/mol. The van der Waals surface area contributed by atoms with Crippen molar-refractivity contribution >= 4 is 23.6 Å². The Balaban J connectivity index is 1.48. The van der Waals surface area contributed by atoms with Gasteiger partial charge in [0, 0.05) is 86.5 Å². The van der Waals surface area contributed by atoms with E-state index in [9.17, 15) is 24.3 Å². The monoisotopic (exact) mass is 849 g/mol. The van der Waals surface area contributed by atoms with Crippen molar-refractivity contribution in [3.05, 3.63) is 61.2 Å². The number of Topliss-reactive ketones (excluding diaryl/α,β-unsaturated/α-hetero) is 2. The summed E-state index contributed by atoms with van der Waals surface area (Å²) in [6.45, 7) is 17.3. The summed E-state index contributed by atoms with van der Waals surface area (Å²) in [4.78, 5) is 71.6. The molecular weight excluding hydrogens is 783 g/mol. The summed E-state index contributed by atoms with van der Waals surface area (Å²) in [7, 11) is 7.15. The first-order valence-electron chi connectivity index (χ1n) is 21.5. The molecule has 2 aromatic rings. The molecule has 0 radical (unpaired) electrons. The van der Waals surface area contributed by atoms with Crippen LogP contribution in [0.3, 0.4) is 0 Å². The number of likely N-dealkylation sites (N-methyl/N-ethyl adjacent to an activating group) is 2. The van der Waals surface area contributed by atoms with E-state index in [1.165, 1.54) is 20.1 Å². The first-order valence-corrected chi connectivity index (χ1v) is 21.5. The molecular formula is C46H67N5O10. The Morgan fingerprint density at radius 3 is 2.34 bits per heavy atom. The zero-order valence-corrected chi connectivity index (χ0v) is 37.8. The first-order chi connectivity index (χ1) is 28.8. The van der Waals surface area contributed by atoms with Crippen molar-refractivity contribution in [2.24, 2.45) is 23.7 Å². The summed E-state index contributed by atoms with van der Waals surface area (Å²) < 4.78 is 31.4. The number of pyridine rings is 2. The van der Waals surface area contributed by atoms with Crippen LogP contribution in [0.25, 0.3) is 11.1 Å². The first kappa shape index (κ1) is 47.9. The van der Waals surface area contributed by atoms with Gasteiger partial charge >= 0.3 is 12.1 Å². The lowest BCUT2D eigenvalue weighted by Crippen LogP contribution is -2.60. The van der Waals surface area contributed by atoms with E-state index in [4.69, 9.17) is 23.7 Å². The van der Waals surface area contributed by atoms with Gasteiger partial charge in [-0.3, -0.25) is 29.3 Å². The predicted molar refractivity (Wildman–Crippen MR) is 228 cm³/mol. The minimum Gasteiger partial charge on any atom is -0.457 e. The molecule has 0 bridgehead atoms. The number of amides is 1. The van der Waals surface area contributed by atoms with Crippen molar-refractivity contribution < 1.29 is 48.0 Å². The maximum Gasteiger partial charge on any atom is 0.411 e. The molecule has 5 heterocycles. The van der Waals surface area contributed by atoms with Gasteiger partial charge in [-0.1, -0.05) is 40.3 Å². The molecule has 3 fully saturated rings. The Bertz CT molecular complexity index is 1870. The Kier molecular flexibility index (Phi) is 15.7. The number of esters is 1. The highest BCUT2D eigenvalue weighted by molar-refractivity contribution is 6.00. The number of nitrogens with zero attached hydrogens (tertiary/aromatic N) is 5. The normalized spacial score (nSPS) is 35.4.